The lowest BCUT2D eigenvalue weighted by atomic mass is 9.95. The zero-order valence-corrected chi connectivity index (χ0v) is 27.2. The van der Waals surface area contributed by atoms with E-state index in [1.54, 1.807) is 4.57 Å². The van der Waals surface area contributed by atoms with Crippen molar-refractivity contribution in [3.05, 3.63) is 163 Å². The van der Waals surface area contributed by atoms with Crippen molar-refractivity contribution in [1.29, 1.82) is 5.26 Å². The third kappa shape index (κ3) is 5.85. The van der Waals surface area contributed by atoms with Crippen molar-refractivity contribution in [2.75, 3.05) is 11.9 Å². The zero-order chi connectivity index (χ0) is 33.2. The molecule has 0 radical (unpaired) electrons. The molecule has 0 fully saturated rings. The number of allylic oxidation sites excluding steroid dienone is 1. The highest BCUT2D eigenvalue weighted by atomic mass is 32.1. The Bertz CT molecular complexity index is 2410. The van der Waals surface area contributed by atoms with E-state index >= 15 is 0 Å². The fourth-order valence-corrected chi connectivity index (χ4v) is 7.14. The number of nitrogens with zero attached hydrogens (tertiary/aromatic N) is 4. The molecule has 1 amide bonds. The molecule has 0 bridgehead atoms. The number of hydrogen-bond donors (Lipinski definition) is 1. The van der Waals surface area contributed by atoms with Crippen LogP contribution in [0, 0.1) is 11.3 Å². The maximum absolute atomic E-state index is 14.4. The predicted octanol–water partition coefficient (Wildman–Crippen LogP) is 6.15. The summed E-state index contributed by atoms with van der Waals surface area (Å²) in [5.41, 5.74) is 5.78. The van der Waals surface area contributed by atoms with Crippen LogP contribution >= 0.6 is 11.3 Å². The summed E-state index contributed by atoms with van der Waals surface area (Å²) < 4.78 is 9.98. The van der Waals surface area contributed by atoms with E-state index < -0.39 is 6.04 Å². The van der Waals surface area contributed by atoms with Gasteiger partial charge in [0.1, 0.15) is 5.75 Å². The fourth-order valence-electron chi connectivity index (χ4n) is 6.10. The molecule has 0 saturated heterocycles. The van der Waals surface area contributed by atoms with Crippen LogP contribution in [0.2, 0.25) is 0 Å². The van der Waals surface area contributed by atoms with Gasteiger partial charge in [-0.1, -0.05) is 72.0 Å². The van der Waals surface area contributed by atoms with Crippen LogP contribution in [0.15, 0.2) is 130 Å². The Hall–Kier alpha value is -5.98. The number of nitrogens with one attached hydrogen (secondary N) is 1. The average Bonchev–Trinajstić information content (AvgIpc) is 3.61. The number of aromatic nitrogens is 2. The van der Waals surface area contributed by atoms with Crippen LogP contribution in [0.25, 0.3) is 17.0 Å². The van der Waals surface area contributed by atoms with Gasteiger partial charge in [0.25, 0.3) is 11.5 Å². The molecule has 8 nitrogen and oxygen atoms in total. The number of rotatable bonds is 8. The number of nitriles is 1. The molecule has 6 aromatic rings. The average molecular weight is 650 g/mol. The maximum Gasteiger partial charge on any atom is 0.271 e. The topological polar surface area (TPSA) is 101 Å². The third-order valence-corrected chi connectivity index (χ3v) is 9.33. The first-order valence-electron chi connectivity index (χ1n) is 15.6. The van der Waals surface area contributed by atoms with Gasteiger partial charge in [-0.2, -0.15) is 5.26 Å². The van der Waals surface area contributed by atoms with E-state index in [0.717, 1.165) is 27.6 Å². The molecule has 1 atom stereocenters. The van der Waals surface area contributed by atoms with Crippen LogP contribution in [-0.4, -0.2) is 21.6 Å². The van der Waals surface area contributed by atoms with Crippen LogP contribution in [0.5, 0.6) is 5.75 Å². The van der Waals surface area contributed by atoms with E-state index in [1.807, 2.05) is 117 Å². The van der Waals surface area contributed by atoms with Crippen molar-refractivity contribution >= 4 is 39.9 Å². The minimum Gasteiger partial charge on any atom is -0.494 e. The number of thiazole rings is 1. The monoisotopic (exact) mass is 649 g/mol. The van der Waals surface area contributed by atoms with Gasteiger partial charge in [0.05, 0.1) is 40.1 Å². The Morgan fingerprint density at radius 1 is 1.00 bits per heavy atom. The zero-order valence-electron chi connectivity index (χ0n) is 26.4. The van der Waals surface area contributed by atoms with Gasteiger partial charge in [-0.3, -0.25) is 14.2 Å². The number of fused-ring (bicyclic) bond motifs is 2. The molecule has 0 saturated carbocycles. The summed E-state index contributed by atoms with van der Waals surface area (Å²) in [7, 11) is 0. The SMILES string of the molecule is CCOc1ccc([C@H]2C(C(=O)Nc3ccccc3)=C(C)N=c3s/c(=C\c4cn(Cc5ccc(C#N)cc5)c5ccccc45)c(=O)n32)cc1. The molecular weight excluding hydrogens is 619 g/mol. The smallest absolute Gasteiger partial charge is 0.271 e. The van der Waals surface area contributed by atoms with Gasteiger partial charge >= 0.3 is 0 Å². The van der Waals surface area contributed by atoms with Crippen molar-refractivity contribution in [3.63, 3.8) is 0 Å². The lowest BCUT2D eigenvalue weighted by molar-refractivity contribution is -0.113. The molecule has 3 heterocycles. The first-order valence-corrected chi connectivity index (χ1v) is 16.4. The molecular formula is C39H31N5O3S. The lowest BCUT2D eigenvalue weighted by Crippen LogP contribution is -2.40. The van der Waals surface area contributed by atoms with E-state index in [0.29, 0.717) is 50.8 Å². The number of benzene rings is 4. The summed E-state index contributed by atoms with van der Waals surface area (Å²) in [5, 5.41) is 13.2. The van der Waals surface area contributed by atoms with E-state index in [2.05, 4.69) is 28.2 Å². The molecule has 9 heteroatoms. The standard InChI is InChI=1S/C39H31N5O3S/c1-3-47-31-19-17-28(18-20-31)36-35(37(45)42-30-9-5-4-6-10-30)25(2)41-39-44(36)38(46)34(48-39)21-29-24-43(33-12-8-7-11-32(29)33)23-27-15-13-26(22-40)14-16-27/h4-21,24,36H,3,23H2,1-2H3,(H,42,45)/b34-21-/t36-/m0/s1. The first kappa shape index (κ1) is 30.7. The maximum atomic E-state index is 14.4. The molecule has 1 aliphatic heterocycles. The van der Waals surface area contributed by atoms with Gasteiger partial charge in [0, 0.05) is 34.9 Å². The molecule has 0 unspecified atom stereocenters. The second-order valence-corrected chi connectivity index (χ2v) is 12.5. The minimum atomic E-state index is -0.694. The Morgan fingerprint density at radius 3 is 2.46 bits per heavy atom. The van der Waals surface area contributed by atoms with Crippen LogP contribution in [0.3, 0.4) is 0 Å². The second kappa shape index (κ2) is 13.0. The number of para-hydroxylation sites is 2. The minimum absolute atomic E-state index is 0.223. The summed E-state index contributed by atoms with van der Waals surface area (Å²) >= 11 is 1.31. The molecule has 7 rings (SSSR count). The molecule has 236 valence electrons. The van der Waals surface area contributed by atoms with Gasteiger partial charge < -0.3 is 14.6 Å². The Labute approximate surface area is 280 Å². The van der Waals surface area contributed by atoms with Crippen LogP contribution in [-0.2, 0) is 11.3 Å². The molecule has 0 spiro atoms. The molecule has 4 aromatic carbocycles. The van der Waals surface area contributed by atoms with E-state index in [4.69, 9.17) is 9.73 Å². The molecule has 0 aliphatic carbocycles. The van der Waals surface area contributed by atoms with Gasteiger partial charge in [-0.05, 0) is 73.5 Å². The number of amides is 1. The fraction of sp³-hybridized carbons (Fsp3) is 0.128. The normalized spacial score (nSPS) is 14.4. The van der Waals surface area contributed by atoms with E-state index in [-0.39, 0.29) is 11.5 Å². The van der Waals surface area contributed by atoms with Crippen LogP contribution in [0.4, 0.5) is 5.69 Å². The molecule has 48 heavy (non-hydrogen) atoms. The highest BCUT2D eigenvalue weighted by molar-refractivity contribution is 7.07. The van der Waals surface area contributed by atoms with E-state index in [1.165, 1.54) is 11.3 Å². The van der Waals surface area contributed by atoms with Gasteiger partial charge in [-0.25, -0.2) is 4.99 Å². The van der Waals surface area contributed by atoms with Crippen molar-refractivity contribution < 1.29 is 9.53 Å². The van der Waals surface area contributed by atoms with Crippen molar-refractivity contribution in [3.8, 4) is 11.8 Å². The summed E-state index contributed by atoms with van der Waals surface area (Å²) in [6, 6.07) is 33.9. The molecule has 2 aromatic heterocycles. The second-order valence-electron chi connectivity index (χ2n) is 11.4. The first-order chi connectivity index (χ1) is 23.4. The largest absolute Gasteiger partial charge is 0.494 e. The molecule has 1 N–H and O–H groups in total. The lowest BCUT2D eigenvalue weighted by Gasteiger charge is -2.25. The Morgan fingerprint density at radius 2 is 1.73 bits per heavy atom. The summed E-state index contributed by atoms with van der Waals surface area (Å²) in [5.74, 6) is 0.392. The Kier molecular flexibility index (Phi) is 8.32. The van der Waals surface area contributed by atoms with Crippen molar-refractivity contribution in [2.24, 2.45) is 4.99 Å². The summed E-state index contributed by atoms with van der Waals surface area (Å²) in [6.07, 6.45) is 3.97. The van der Waals surface area contributed by atoms with Gasteiger partial charge in [-0.15, -0.1) is 0 Å². The Balaban J connectivity index is 1.34. The molecule has 1 aliphatic rings. The number of carbonyl (C=O) groups excluding carboxylic acids is 1. The van der Waals surface area contributed by atoms with Gasteiger partial charge in [0.2, 0.25) is 0 Å². The van der Waals surface area contributed by atoms with E-state index in [9.17, 15) is 14.9 Å². The highest BCUT2D eigenvalue weighted by Crippen LogP contribution is 2.32. The summed E-state index contributed by atoms with van der Waals surface area (Å²) in [6.45, 7) is 4.88. The van der Waals surface area contributed by atoms with Gasteiger partial charge in [0.15, 0.2) is 4.80 Å². The van der Waals surface area contributed by atoms with Crippen LogP contribution < -0.4 is 24.9 Å². The predicted molar refractivity (Wildman–Crippen MR) is 189 cm³/mol. The highest BCUT2D eigenvalue weighted by Gasteiger charge is 2.32. The summed E-state index contributed by atoms with van der Waals surface area (Å²) in [4.78, 5) is 33.6. The van der Waals surface area contributed by atoms with Crippen LogP contribution in [0.1, 0.15) is 42.1 Å². The quantitative estimate of drug-likeness (QED) is 0.214. The van der Waals surface area contributed by atoms with Crippen molar-refractivity contribution in [1.82, 2.24) is 9.13 Å². The van der Waals surface area contributed by atoms with Crippen molar-refractivity contribution in [2.45, 2.75) is 26.4 Å². The number of ether oxygens (including phenoxy) is 1. The number of anilines is 1. The third-order valence-electron chi connectivity index (χ3n) is 8.35. The number of carbonyl (C=O) groups is 1. The number of hydrogen-bond acceptors (Lipinski definition) is 6.